The van der Waals surface area contributed by atoms with Crippen molar-refractivity contribution >= 4 is 21.7 Å². The van der Waals surface area contributed by atoms with Gasteiger partial charge in [-0.1, -0.05) is 12.1 Å². The van der Waals surface area contributed by atoms with Crippen molar-refractivity contribution in [2.75, 3.05) is 49.9 Å². The van der Waals surface area contributed by atoms with Crippen molar-refractivity contribution in [3.63, 3.8) is 0 Å². The summed E-state index contributed by atoms with van der Waals surface area (Å²) in [6, 6.07) is 6.73. The number of primary sulfonamides is 1. The van der Waals surface area contributed by atoms with Gasteiger partial charge in [0.15, 0.2) is 5.96 Å². The molecule has 0 spiro atoms. The van der Waals surface area contributed by atoms with E-state index in [0.29, 0.717) is 44.4 Å². The minimum Gasteiger partial charge on any atom is -0.366 e. The number of aliphatic imine (C=N–C) groups is 1. The van der Waals surface area contributed by atoms with Gasteiger partial charge in [0, 0.05) is 32.7 Å². The molecule has 0 atom stereocenters. The van der Waals surface area contributed by atoms with Crippen LogP contribution in [0.2, 0.25) is 0 Å². The number of nitrogens with one attached hydrogen (secondary N) is 1. The van der Waals surface area contributed by atoms with Crippen LogP contribution < -0.4 is 15.4 Å². The summed E-state index contributed by atoms with van der Waals surface area (Å²) in [4.78, 5) is 8.36. The quantitative estimate of drug-likeness (QED) is 0.580. The lowest BCUT2D eigenvalue weighted by Gasteiger charge is -2.37. The third-order valence-electron chi connectivity index (χ3n) is 3.74. The van der Waals surface area contributed by atoms with E-state index in [9.17, 15) is 12.8 Å². The van der Waals surface area contributed by atoms with Crippen molar-refractivity contribution in [2.24, 2.45) is 10.1 Å². The van der Waals surface area contributed by atoms with E-state index in [1.54, 1.807) is 12.1 Å². The molecule has 1 aromatic rings. The number of para-hydroxylation sites is 1. The van der Waals surface area contributed by atoms with Gasteiger partial charge in [0.1, 0.15) is 5.82 Å². The summed E-state index contributed by atoms with van der Waals surface area (Å²) in [5, 5.41) is 8.15. The first kappa shape index (κ1) is 18.5. The van der Waals surface area contributed by atoms with E-state index >= 15 is 0 Å². The van der Waals surface area contributed by atoms with Crippen LogP contribution in [0.4, 0.5) is 10.1 Å². The Morgan fingerprint density at radius 1 is 1.29 bits per heavy atom. The first-order chi connectivity index (χ1) is 11.4. The SMILES string of the molecule is CCNC(=NCCS(N)(=O)=O)N1CCN(c2ccccc2F)CC1. The molecule has 1 fully saturated rings. The Morgan fingerprint density at radius 3 is 2.54 bits per heavy atom. The Morgan fingerprint density at radius 2 is 1.96 bits per heavy atom. The Balaban J connectivity index is 1.97. The Labute approximate surface area is 142 Å². The third kappa shape index (κ3) is 5.34. The van der Waals surface area contributed by atoms with Gasteiger partial charge in [0.2, 0.25) is 10.0 Å². The number of rotatable bonds is 5. The Bertz CT molecular complexity index is 672. The van der Waals surface area contributed by atoms with Crippen molar-refractivity contribution in [2.45, 2.75) is 6.92 Å². The van der Waals surface area contributed by atoms with Crippen LogP contribution in [0.25, 0.3) is 0 Å². The van der Waals surface area contributed by atoms with Gasteiger partial charge in [-0.15, -0.1) is 0 Å². The molecule has 0 amide bonds. The molecular formula is C15H24FN5O2S. The van der Waals surface area contributed by atoms with E-state index in [-0.39, 0.29) is 18.1 Å². The fourth-order valence-corrected chi connectivity index (χ4v) is 2.92. The number of halogens is 1. The van der Waals surface area contributed by atoms with Gasteiger partial charge in [-0.3, -0.25) is 4.99 Å². The lowest BCUT2D eigenvalue weighted by atomic mass is 10.2. The number of anilines is 1. The molecule has 7 nitrogen and oxygen atoms in total. The zero-order valence-corrected chi connectivity index (χ0v) is 14.6. The molecule has 0 aliphatic carbocycles. The largest absolute Gasteiger partial charge is 0.366 e. The second-order valence-corrected chi connectivity index (χ2v) is 7.26. The van der Waals surface area contributed by atoms with Crippen LogP contribution in [0.1, 0.15) is 6.92 Å². The first-order valence-corrected chi connectivity index (χ1v) is 9.65. The highest BCUT2D eigenvalue weighted by molar-refractivity contribution is 7.89. The number of nitrogens with zero attached hydrogens (tertiary/aromatic N) is 3. The smallest absolute Gasteiger partial charge is 0.210 e. The van der Waals surface area contributed by atoms with Crippen LogP contribution in [0.3, 0.4) is 0 Å². The summed E-state index contributed by atoms with van der Waals surface area (Å²) in [5.41, 5.74) is 0.605. The summed E-state index contributed by atoms with van der Waals surface area (Å²) in [5.74, 6) is 0.255. The van der Waals surface area contributed by atoms with E-state index in [2.05, 4.69) is 10.3 Å². The van der Waals surface area contributed by atoms with Crippen molar-refractivity contribution in [1.29, 1.82) is 0 Å². The Hall–Kier alpha value is -1.87. The predicted molar refractivity (Wildman–Crippen MR) is 94.1 cm³/mol. The number of hydrogen-bond donors (Lipinski definition) is 2. The summed E-state index contributed by atoms with van der Waals surface area (Å²) in [7, 11) is -3.52. The number of hydrogen-bond acceptors (Lipinski definition) is 4. The minimum atomic E-state index is -3.52. The highest BCUT2D eigenvalue weighted by Crippen LogP contribution is 2.20. The number of guanidine groups is 1. The van der Waals surface area contributed by atoms with Crippen molar-refractivity contribution in [3.8, 4) is 0 Å². The van der Waals surface area contributed by atoms with Crippen LogP contribution in [0.15, 0.2) is 29.3 Å². The van der Waals surface area contributed by atoms with Gasteiger partial charge >= 0.3 is 0 Å². The molecule has 134 valence electrons. The van der Waals surface area contributed by atoms with Gasteiger partial charge in [-0.05, 0) is 19.1 Å². The molecular weight excluding hydrogens is 333 g/mol. The molecule has 1 heterocycles. The standard InChI is InChI=1S/C15H24FN5O2S/c1-2-18-15(19-7-12-24(17,22)23)21-10-8-20(9-11-21)14-6-4-3-5-13(14)16/h3-6H,2,7-12H2,1H3,(H,18,19)(H2,17,22,23). The number of benzene rings is 1. The van der Waals surface area contributed by atoms with Crippen LogP contribution in [-0.4, -0.2) is 64.3 Å². The predicted octanol–water partition coefficient (Wildman–Crippen LogP) is 0.202. The van der Waals surface area contributed by atoms with Crippen molar-refractivity contribution in [1.82, 2.24) is 10.2 Å². The van der Waals surface area contributed by atoms with Gasteiger partial charge in [-0.2, -0.15) is 0 Å². The zero-order valence-electron chi connectivity index (χ0n) is 13.8. The lowest BCUT2D eigenvalue weighted by Crippen LogP contribution is -2.52. The normalized spacial score (nSPS) is 16.4. The summed E-state index contributed by atoms with van der Waals surface area (Å²) in [6.45, 7) is 5.44. The lowest BCUT2D eigenvalue weighted by molar-refractivity contribution is 0.371. The third-order valence-corrected chi connectivity index (χ3v) is 4.50. The molecule has 1 aromatic carbocycles. The number of sulfonamides is 1. The van der Waals surface area contributed by atoms with E-state index < -0.39 is 10.0 Å². The number of nitrogens with two attached hydrogens (primary N) is 1. The van der Waals surface area contributed by atoms with E-state index in [0.717, 1.165) is 0 Å². The molecule has 9 heteroatoms. The molecule has 1 aliphatic rings. The molecule has 0 unspecified atom stereocenters. The zero-order chi connectivity index (χ0) is 17.6. The maximum atomic E-state index is 13.9. The molecule has 0 radical (unpaired) electrons. The minimum absolute atomic E-state index is 0.120. The highest BCUT2D eigenvalue weighted by Gasteiger charge is 2.21. The van der Waals surface area contributed by atoms with Crippen molar-refractivity contribution in [3.05, 3.63) is 30.1 Å². The summed E-state index contributed by atoms with van der Waals surface area (Å²) < 4.78 is 35.9. The van der Waals surface area contributed by atoms with Crippen LogP contribution in [0.5, 0.6) is 0 Å². The topological polar surface area (TPSA) is 91.0 Å². The fourth-order valence-electron chi connectivity index (χ4n) is 2.57. The summed E-state index contributed by atoms with van der Waals surface area (Å²) in [6.07, 6.45) is 0. The average molecular weight is 357 g/mol. The maximum Gasteiger partial charge on any atom is 0.210 e. The van der Waals surface area contributed by atoms with Gasteiger partial charge in [0.25, 0.3) is 0 Å². The first-order valence-electron chi connectivity index (χ1n) is 7.94. The van der Waals surface area contributed by atoms with Gasteiger partial charge in [0.05, 0.1) is 18.0 Å². The van der Waals surface area contributed by atoms with Crippen LogP contribution in [0, 0.1) is 5.82 Å². The molecule has 3 N–H and O–H groups in total. The number of piperazine rings is 1. The van der Waals surface area contributed by atoms with Gasteiger partial charge in [-0.25, -0.2) is 17.9 Å². The average Bonchev–Trinajstić information content (AvgIpc) is 2.54. The maximum absolute atomic E-state index is 13.9. The molecule has 0 aromatic heterocycles. The highest BCUT2D eigenvalue weighted by atomic mass is 32.2. The summed E-state index contributed by atoms with van der Waals surface area (Å²) >= 11 is 0. The monoisotopic (exact) mass is 357 g/mol. The second kappa shape index (κ2) is 8.29. The van der Waals surface area contributed by atoms with Crippen molar-refractivity contribution < 1.29 is 12.8 Å². The van der Waals surface area contributed by atoms with Crippen LogP contribution >= 0.6 is 0 Å². The molecule has 0 bridgehead atoms. The fraction of sp³-hybridized carbons (Fsp3) is 0.533. The molecule has 0 saturated carbocycles. The molecule has 24 heavy (non-hydrogen) atoms. The van der Waals surface area contributed by atoms with E-state index in [1.165, 1.54) is 6.07 Å². The van der Waals surface area contributed by atoms with E-state index in [1.807, 2.05) is 22.8 Å². The second-order valence-electron chi connectivity index (χ2n) is 5.53. The molecule has 1 saturated heterocycles. The molecule has 2 rings (SSSR count). The molecule has 1 aliphatic heterocycles. The van der Waals surface area contributed by atoms with E-state index in [4.69, 9.17) is 5.14 Å². The van der Waals surface area contributed by atoms with Crippen LogP contribution in [-0.2, 0) is 10.0 Å². The Kier molecular flexibility index (Phi) is 6.38. The van der Waals surface area contributed by atoms with Gasteiger partial charge < -0.3 is 15.1 Å².